The smallest absolute Gasteiger partial charge is 0.159 e. The second-order valence-electron chi connectivity index (χ2n) is 4.16. The fraction of sp³-hybridized carbons (Fsp3) is 0.143. The maximum Gasteiger partial charge on any atom is 0.159 e. The number of nitrogens with two attached hydrogens (primary N) is 1. The number of rotatable bonds is 3. The molecule has 1 nitrogen and oxygen atoms in total. The quantitative estimate of drug-likeness (QED) is 0.857. The minimum absolute atomic E-state index is 0.0429. The molecule has 0 radical (unpaired) electrons. The van der Waals surface area contributed by atoms with Crippen molar-refractivity contribution in [3.8, 4) is 0 Å². The number of halogens is 3. The largest absolute Gasteiger partial charge is 0.324 e. The first kappa shape index (κ1) is 14.5. The minimum Gasteiger partial charge on any atom is -0.324 e. The van der Waals surface area contributed by atoms with E-state index in [1.165, 1.54) is 17.8 Å². The Morgan fingerprint density at radius 1 is 1.11 bits per heavy atom. The van der Waals surface area contributed by atoms with E-state index < -0.39 is 11.6 Å². The van der Waals surface area contributed by atoms with Crippen LogP contribution in [0.1, 0.15) is 18.5 Å². The molecule has 0 aliphatic carbocycles. The van der Waals surface area contributed by atoms with E-state index in [2.05, 4.69) is 15.9 Å². The molecule has 0 unspecified atom stereocenters. The molecule has 0 saturated heterocycles. The molecule has 5 heteroatoms. The predicted octanol–water partition coefficient (Wildman–Crippen LogP) is 4.90. The molecule has 0 spiro atoms. The van der Waals surface area contributed by atoms with Gasteiger partial charge in [0.2, 0.25) is 0 Å². The molecule has 0 amide bonds. The molecular weight excluding hydrogens is 332 g/mol. The summed E-state index contributed by atoms with van der Waals surface area (Å²) in [7, 11) is 0. The van der Waals surface area contributed by atoms with Crippen LogP contribution in [0.3, 0.4) is 0 Å². The van der Waals surface area contributed by atoms with Gasteiger partial charge in [0.25, 0.3) is 0 Å². The standard InChI is InChI=1S/C14H12BrF2NS/c1-8(18)9-2-5-14(11(15)6-9)19-10-3-4-12(16)13(17)7-10/h2-8H,18H2,1H3/t8-/m1/s1. The van der Waals surface area contributed by atoms with Gasteiger partial charge in [-0.25, -0.2) is 8.78 Å². The van der Waals surface area contributed by atoms with Crippen molar-refractivity contribution in [2.45, 2.75) is 22.8 Å². The van der Waals surface area contributed by atoms with Gasteiger partial charge in [-0.1, -0.05) is 17.8 Å². The molecule has 0 saturated carbocycles. The van der Waals surface area contributed by atoms with Gasteiger partial charge in [-0.2, -0.15) is 0 Å². The maximum atomic E-state index is 13.1. The first-order valence-corrected chi connectivity index (χ1v) is 7.26. The van der Waals surface area contributed by atoms with Crippen LogP contribution >= 0.6 is 27.7 Å². The average molecular weight is 344 g/mol. The lowest BCUT2D eigenvalue weighted by Crippen LogP contribution is -2.04. The van der Waals surface area contributed by atoms with Crippen molar-refractivity contribution in [2.75, 3.05) is 0 Å². The lowest BCUT2D eigenvalue weighted by molar-refractivity contribution is 0.506. The Kier molecular flexibility index (Phi) is 4.60. The van der Waals surface area contributed by atoms with Gasteiger partial charge in [0.15, 0.2) is 11.6 Å². The van der Waals surface area contributed by atoms with Crippen LogP contribution in [0.2, 0.25) is 0 Å². The van der Waals surface area contributed by atoms with Crippen molar-refractivity contribution < 1.29 is 8.78 Å². The van der Waals surface area contributed by atoms with E-state index >= 15 is 0 Å². The fourth-order valence-corrected chi connectivity index (χ4v) is 3.03. The van der Waals surface area contributed by atoms with Gasteiger partial charge in [-0.3, -0.25) is 0 Å². The molecule has 0 heterocycles. The van der Waals surface area contributed by atoms with E-state index in [-0.39, 0.29) is 6.04 Å². The van der Waals surface area contributed by atoms with Crippen molar-refractivity contribution >= 4 is 27.7 Å². The first-order chi connectivity index (χ1) is 8.97. The lowest BCUT2D eigenvalue weighted by Gasteiger charge is -2.09. The molecule has 2 N–H and O–H groups in total. The summed E-state index contributed by atoms with van der Waals surface area (Å²) in [5.74, 6) is -1.68. The molecule has 1 atom stereocenters. The van der Waals surface area contributed by atoms with Crippen LogP contribution < -0.4 is 5.73 Å². The van der Waals surface area contributed by atoms with Gasteiger partial charge in [0, 0.05) is 20.3 Å². The van der Waals surface area contributed by atoms with Crippen molar-refractivity contribution in [1.82, 2.24) is 0 Å². The van der Waals surface area contributed by atoms with Crippen LogP contribution in [0.5, 0.6) is 0 Å². The highest BCUT2D eigenvalue weighted by molar-refractivity contribution is 9.10. The Morgan fingerprint density at radius 3 is 2.42 bits per heavy atom. The third-order valence-electron chi connectivity index (χ3n) is 2.60. The van der Waals surface area contributed by atoms with Crippen LogP contribution in [0, 0.1) is 11.6 Å². The molecular formula is C14H12BrF2NS. The number of hydrogen-bond donors (Lipinski definition) is 1. The molecule has 0 fully saturated rings. The van der Waals surface area contributed by atoms with Gasteiger partial charge in [0.1, 0.15) is 0 Å². The third-order valence-corrected chi connectivity index (χ3v) is 4.58. The molecule has 0 bridgehead atoms. The molecule has 0 aliphatic heterocycles. The zero-order valence-corrected chi connectivity index (χ0v) is 12.6. The Morgan fingerprint density at radius 2 is 1.84 bits per heavy atom. The van der Waals surface area contributed by atoms with Crippen molar-refractivity contribution in [2.24, 2.45) is 5.73 Å². The van der Waals surface area contributed by atoms with Crippen LogP contribution in [0.4, 0.5) is 8.78 Å². The van der Waals surface area contributed by atoms with E-state index in [9.17, 15) is 8.78 Å². The topological polar surface area (TPSA) is 26.0 Å². The number of benzene rings is 2. The number of hydrogen-bond acceptors (Lipinski definition) is 2. The zero-order chi connectivity index (χ0) is 14.0. The van der Waals surface area contributed by atoms with Gasteiger partial charge < -0.3 is 5.73 Å². The second-order valence-corrected chi connectivity index (χ2v) is 6.13. The Labute approximate surface area is 123 Å². The monoisotopic (exact) mass is 343 g/mol. The first-order valence-electron chi connectivity index (χ1n) is 5.65. The third kappa shape index (κ3) is 3.55. The molecule has 0 aliphatic rings. The van der Waals surface area contributed by atoms with Gasteiger partial charge in [0.05, 0.1) is 0 Å². The summed E-state index contributed by atoms with van der Waals surface area (Å²) in [5.41, 5.74) is 6.82. The Balaban J connectivity index is 2.25. The highest BCUT2D eigenvalue weighted by Crippen LogP contribution is 2.35. The normalized spacial score (nSPS) is 12.5. The predicted molar refractivity (Wildman–Crippen MR) is 77.2 cm³/mol. The molecule has 100 valence electrons. The summed E-state index contributed by atoms with van der Waals surface area (Å²) in [4.78, 5) is 1.57. The highest BCUT2D eigenvalue weighted by Gasteiger charge is 2.08. The van der Waals surface area contributed by atoms with Gasteiger partial charge >= 0.3 is 0 Å². The molecule has 0 aromatic heterocycles. The minimum atomic E-state index is -0.840. The van der Waals surface area contributed by atoms with E-state index in [0.717, 1.165) is 21.0 Å². The summed E-state index contributed by atoms with van der Waals surface area (Å²) in [6.45, 7) is 1.91. The van der Waals surface area contributed by atoms with Crippen LogP contribution in [-0.2, 0) is 0 Å². The van der Waals surface area contributed by atoms with Crippen molar-refractivity contribution in [1.29, 1.82) is 0 Å². The maximum absolute atomic E-state index is 13.1. The lowest BCUT2D eigenvalue weighted by atomic mass is 10.1. The average Bonchev–Trinajstić information content (AvgIpc) is 2.36. The zero-order valence-electron chi connectivity index (χ0n) is 10.2. The van der Waals surface area contributed by atoms with Crippen LogP contribution in [-0.4, -0.2) is 0 Å². The molecule has 2 aromatic carbocycles. The summed E-state index contributed by atoms with van der Waals surface area (Å²) in [5, 5.41) is 0. The van der Waals surface area contributed by atoms with Crippen molar-refractivity contribution in [3.63, 3.8) is 0 Å². The summed E-state index contributed by atoms with van der Waals surface area (Å²) < 4.78 is 26.9. The van der Waals surface area contributed by atoms with Crippen LogP contribution in [0.25, 0.3) is 0 Å². The Bertz CT molecular complexity index is 602. The van der Waals surface area contributed by atoms with Gasteiger partial charge in [-0.05, 0) is 58.7 Å². The summed E-state index contributed by atoms with van der Waals surface area (Å²) in [6, 6.07) is 9.60. The second kappa shape index (κ2) is 6.03. The molecule has 19 heavy (non-hydrogen) atoms. The van der Waals surface area contributed by atoms with Crippen LogP contribution in [0.15, 0.2) is 50.7 Å². The van der Waals surface area contributed by atoms with E-state index in [0.29, 0.717) is 4.90 Å². The fourth-order valence-electron chi connectivity index (χ4n) is 1.55. The SMILES string of the molecule is C[C@@H](N)c1ccc(Sc2ccc(F)c(F)c2)c(Br)c1. The van der Waals surface area contributed by atoms with E-state index in [4.69, 9.17) is 5.73 Å². The highest BCUT2D eigenvalue weighted by atomic mass is 79.9. The van der Waals surface area contributed by atoms with E-state index in [1.807, 2.05) is 25.1 Å². The summed E-state index contributed by atoms with van der Waals surface area (Å²) >= 11 is 4.82. The van der Waals surface area contributed by atoms with Crippen molar-refractivity contribution in [3.05, 3.63) is 58.1 Å². The molecule has 2 aromatic rings. The molecule has 2 rings (SSSR count). The van der Waals surface area contributed by atoms with E-state index in [1.54, 1.807) is 6.07 Å². The summed E-state index contributed by atoms with van der Waals surface area (Å²) in [6.07, 6.45) is 0. The van der Waals surface area contributed by atoms with Gasteiger partial charge in [-0.15, -0.1) is 0 Å². The Hall–Kier alpha value is -0.910.